The molecule has 0 fully saturated rings. The molecule has 0 aliphatic heterocycles. The molecule has 2 rings (SSSR count). The number of nitrogen functional groups attached to an aromatic ring is 1. The van der Waals surface area contributed by atoms with E-state index in [0.29, 0.717) is 11.0 Å². The Morgan fingerprint density at radius 3 is 2.57 bits per heavy atom. The Morgan fingerprint density at radius 1 is 1.33 bits per heavy atom. The molecule has 21 heavy (non-hydrogen) atoms. The molecule has 110 valence electrons. The van der Waals surface area contributed by atoms with Crippen LogP contribution in [0.4, 0.5) is 5.82 Å². The number of hydrogen-bond donors (Lipinski definition) is 1. The SMILES string of the molecule is C[C@@H](Sc1ncc(C#N)c(N)n1)c1ncc(C(C)(C)C)o1. The predicted molar refractivity (Wildman–Crippen MR) is 80.6 cm³/mol. The summed E-state index contributed by atoms with van der Waals surface area (Å²) in [6, 6.07) is 1.94. The second kappa shape index (κ2) is 5.74. The van der Waals surface area contributed by atoms with Gasteiger partial charge in [0.15, 0.2) is 5.16 Å². The second-order valence-corrected chi connectivity index (χ2v) is 6.94. The van der Waals surface area contributed by atoms with Crippen LogP contribution in [0.25, 0.3) is 0 Å². The van der Waals surface area contributed by atoms with E-state index in [-0.39, 0.29) is 22.0 Å². The average molecular weight is 303 g/mol. The van der Waals surface area contributed by atoms with E-state index in [9.17, 15) is 0 Å². The highest BCUT2D eigenvalue weighted by molar-refractivity contribution is 7.99. The number of nitriles is 1. The fourth-order valence-electron chi connectivity index (χ4n) is 1.55. The fraction of sp³-hybridized carbons (Fsp3) is 0.429. The van der Waals surface area contributed by atoms with E-state index in [0.717, 1.165) is 5.76 Å². The van der Waals surface area contributed by atoms with Crippen molar-refractivity contribution in [1.82, 2.24) is 15.0 Å². The van der Waals surface area contributed by atoms with Crippen molar-refractivity contribution in [3.63, 3.8) is 0 Å². The Bertz CT molecular complexity index is 683. The van der Waals surface area contributed by atoms with E-state index in [1.165, 1.54) is 18.0 Å². The van der Waals surface area contributed by atoms with E-state index >= 15 is 0 Å². The minimum atomic E-state index is -0.0784. The minimum Gasteiger partial charge on any atom is -0.444 e. The predicted octanol–water partition coefficient (Wildman–Crippen LogP) is 3.07. The fourth-order valence-corrected chi connectivity index (χ4v) is 2.34. The van der Waals surface area contributed by atoms with E-state index in [2.05, 4.69) is 35.7 Å². The van der Waals surface area contributed by atoms with E-state index in [4.69, 9.17) is 15.4 Å². The van der Waals surface area contributed by atoms with Crippen LogP contribution in [0, 0.1) is 11.3 Å². The highest BCUT2D eigenvalue weighted by Gasteiger charge is 2.22. The zero-order valence-electron chi connectivity index (χ0n) is 12.4. The molecule has 0 aliphatic rings. The molecule has 2 N–H and O–H groups in total. The van der Waals surface area contributed by atoms with Crippen molar-refractivity contribution in [2.45, 2.75) is 43.5 Å². The average Bonchev–Trinajstić information content (AvgIpc) is 2.88. The first-order valence-corrected chi connectivity index (χ1v) is 7.34. The van der Waals surface area contributed by atoms with Gasteiger partial charge < -0.3 is 10.2 Å². The summed E-state index contributed by atoms with van der Waals surface area (Å²) >= 11 is 1.39. The Hall–Kier alpha value is -2.07. The Labute approximate surface area is 127 Å². The van der Waals surface area contributed by atoms with Crippen molar-refractivity contribution in [3.8, 4) is 6.07 Å². The lowest BCUT2D eigenvalue weighted by Crippen LogP contribution is -2.09. The largest absolute Gasteiger partial charge is 0.444 e. The van der Waals surface area contributed by atoms with Crippen molar-refractivity contribution >= 4 is 17.6 Å². The van der Waals surface area contributed by atoms with Gasteiger partial charge in [0.05, 0.1) is 17.6 Å². The lowest BCUT2D eigenvalue weighted by atomic mass is 9.94. The lowest BCUT2D eigenvalue weighted by molar-refractivity contribution is 0.383. The van der Waals surface area contributed by atoms with Crippen LogP contribution in [0.3, 0.4) is 0 Å². The van der Waals surface area contributed by atoms with Gasteiger partial charge in [-0.3, -0.25) is 0 Å². The third kappa shape index (κ3) is 3.52. The molecule has 2 aromatic heterocycles. The van der Waals surface area contributed by atoms with Gasteiger partial charge >= 0.3 is 0 Å². The molecule has 1 atom stereocenters. The summed E-state index contributed by atoms with van der Waals surface area (Å²) in [5.41, 5.74) is 5.88. The number of hydrogen-bond acceptors (Lipinski definition) is 7. The first-order valence-electron chi connectivity index (χ1n) is 6.46. The Balaban J connectivity index is 2.15. The molecule has 0 unspecified atom stereocenters. The third-order valence-electron chi connectivity index (χ3n) is 2.81. The van der Waals surface area contributed by atoms with Crippen molar-refractivity contribution in [2.75, 3.05) is 5.73 Å². The molecular weight excluding hydrogens is 286 g/mol. The van der Waals surface area contributed by atoms with Crippen molar-refractivity contribution < 1.29 is 4.42 Å². The van der Waals surface area contributed by atoms with Gasteiger partial charge in [-0.25, -0.2) is 15.0 Å². The summed E-state index contributed by atoms with van der Waals surface area (Å²) in [5, 5.41) is 9.25. The van der Waals surface area contributed by atoms with Crippen LogP contribution in [0.15, 0.2) is 22.0 Å². The van der Waals surface area contributed by atoms with Crippen LogP contribution in [0.2, 0.25) is 0 Å². The molecule has 6 nitrogen and oxygen atoms in total. The van der Waals surface area contributed by atoms with E-state index < -0.39 is 0 Å². The van der Waals surface area contributed by atoms with Gasteiger partial charge in [-0.05, 0) is 6.92 Å². The van der Waals surface area contributed by atoms with Crippen molar-refractivity contribution in [1.29, 1.82) is 5.26 Å². The molecule has 2 heterocycles. The molecule has 0 saturated carbocycles. The maximum Gasteiger partial charge on any atom is 0.207 e. The molecule has 0 bridgehead atoms. The van der Waals surface area contributed by atoms with Gasteiger partial charge in [-0.15, -0.1) is 0 Å². The summed E-state index contributed by atoms with van der Waals surface area (Å²) in [7, 11) is 0. The van der Waals surface area contributed by atoms with E-state index in [1.54, 1.807) is 6.20 Å². The quantitative estimate of drug-likeness (QED) is 0.686. The van der Waals surface area contributed by atoms with E-state index in [1.807, 2.05) is 13.0 Å². The molecule has 0 saturated heterocycles. The number of oxazole rings is 1. The molecule has 2 aromatic rings. The second-order valence-electron chi connectivity index (χ2n) is 5.64. The maximum absolute atomic E-state index is 8.81. The third-order valence-corrected chi connectivity index (χ3v) is 3.77. The number of thioether (sulfide) groups is 1. The number of nitrogens with two attached hydrogens (primary N) is 1. The highest BCUT2D eigenvalue weighted by atomic mass is 32.2. The smallest absolute Gasteiger partial charge is 0.207 e. The highest BCUT2D eigenvalue weighted by Crippen LogP contribution is 2.34. The van der Waals surface area contributed by atoms with Crippen LogP contribution in [-0.4, -0.2) is 15.0 Å². The lowest BCUT2D eigenvalue weighted by Gasteiger charge is -2.13. The van der Waals surface area contributed by atoms with Crippen molar-refractivity contribution in [2.24, 2.45) is 0 Å². The minimum absolute atomic E-state index is 0.0477. The Morgan fingerprint density at radius 2 is 2.05 bits per heavy atom. The van der Waals surface area contributed by atoms with Gasteiger partial charge in [0.25, 0.3) is 0 Å². The van der Waals surface area contributed by atoms with Gasteiger partial charge in [0.2, 0.25) is 5.89 Å². The topological polar surface area (TPSA) is 102 Å². The zero-order valence-corrected chi connectivity index (χ0v) is 13.2. The summed E-state index contributed by atoms with van der Waals surface area (Å²) in [6.45, 7) is 8.17. The number of nitrogens with zero attached hydrogens (tertiary/aromatic N) is 4. The maximum atomic E-state index is 8.81. The van der Waals surface area contributed by atoms with Crippen LogP contribution in [-0.2, 0) is 5.41 Å². The molecule has 0 spiro atoms. The standard InChI is InChI=1S/C14H17N5OS/c1-8(12-17-7-10(20-12)14(2,3)4)21-13-18-6-9(5-15)11(16)19-13/h6-8H,1-4H3,(H2,16,18,19)/t8-/m1/s1. The normalized spacial score (nSPS) is 12.9. The molecule has 7 heteroatoms. The molecule has 0 radical (unpaired) electrons. The van der Waals surface area contributed by atoms with Crippen molar-refractivity contribution in [3.05, 3.63) is 29.6 Å². The monoisotopic (exact) mass is 303 g/mol. The number of rotatable bonds is 3. The van der Waals surface area contributed by atoms with Crippen LogP contribution in [0.1, 0.15) is 50.2 Å². The first-order chi connectivity index (χ1) is 9.81. The van der Waals surface area contributed by atoms with Gasteiger partial charge in [-0.2, -0.15) is 5.26 Å². The molecular formula is C14H17N5OS. The summed E-state index contributed by atoms with van der Waals surface area (Å²) in [4.78, 5) is 12.5. The first kappa shape index (κ1) is 15.3. The van der Waals surface area contributed by atoms with Crippen LogP contribution >= 0.6 is 11.8 Å². The van der Waals surface area contributed by atoms with Gasteiger partial charge in [0.1, 0.15) is 23.2 Å². The number of aromatic nitrogens is 3. The summed E-state index contributed by atoms with van der Waals surface area (Å²) in [6.07, 6.45) is 3.17. The number of anilines is 1. The van der Waals surface area contributed by atoms with Gasteiger partial charge in [-0.1, -0.05) is 32.5 Å². The summed E-state index contributed by atoms with van der Waals surface area (Å²) < 4.78 is 5.79. The van der Waals surface area contributed by atoms with Gasteiger partial charge in [0, 0.05) is 5.41 Å². The molecule has 0 amide bonds. The molecule has 0 aromatic carbocycles. The van der Waals surface area contributed by atoms with Crippen LogP contribution in [0.5, 0.6) is 0 Å². The summed E-state index contributed by atoms with van der Waals surface area (Å²) in [5.74, 6) is 1.65. The molecule has 0 aliphatic carbocycles. The Kier molecular flexibility index (Phi) is 4.19. The zero-order chi connectivity index (χ0) is 15.6. The van der Waals surface area contributed by atoms with Crippen LogP contribution < -0.4 is 5.73 Å².